The summed E-state index contributed by atoms with van der Waals surface area (Å²) in [6, 6.07) is 21.2. The number of fused-ring (bicyclic) bond motifs is 3. The summed E-state index contributed by atoms with van der Waals surface area (Å²) in [6.07, 6.45) is 1.99. The standard InChI is InChI=1S/C27H30N6O2S/c28-26-23-9-3-4-10-24(23)30-27(31-26)29-16-19-12-13-21-18-33(15-14-32(21)17-19)36(34,35)25-11-5-7-20-6-1-2-8-22(20)25/h1-11,19,21H,12-18H2,(H3,28,29,30,31). The summed E-state index contributed by atoms with van der Waals surface area (Å²) in [6.45, 7) is 3.48. The third-order valence-corrected chi connectivity index (χ3v) is 9.44. The molecule has 3 N–H and O–H groups in total. The van der Waals surface area contributed by atoms with Gasteiger partial charge in [0.2, 0.25) is 16.0 Å². The second-order valence-electron chi connectivity index (χ2n) is 9.76. The molecule has 1 aromatic heterocycles. The zero-order chi connectivity index (χ0) is 24.7. The van der Waals surface area contributed by atoms with E-state index in [4.69, 9.17) is 5.73 Å². The number of benzene rings is 3. The number of nitrogens with one attached hydrogen (secondary N) is 1. The Hall–Kier alpha value is -3.27. The van der Waals surface area contributed by atoms with E-state index in [0.29, 0.717) is 35.7 Å². The maximum absolute atomic E-state index is 13.6. The van der Waals surface area contributed by atoms with E-state index in [0.717, 1.165) is 54.2 Å². The fraction of sp³-hybridized carbons (Fsp3) is 0.333. The largest absolute Gasteiger partial charge is 0.383 e. The smallest absolute Gasteiger partial charge is 0.243 e. The number of piperazine rings is 1. The Morgan fingerprint density at radius 2 is 1.67 bits per heavy atom. The van der Waals surface area contributed by atoms with E-state index in [-0.39, 0.29) is 6.04 Å². The fourth-order valence-electron chi connectivity index (χ4n) is 5.59. The molecule has 2 aliphatic heterocycles. The van der Waals surface area contributed by atoms with Crippen LogP contribution in [0, 0.1) is 5.92 Å². The lowest BCUT2D eigenvalue weighted by Gasteiger charge is -2.45. The minimum atomic E-state index is -3.56. The van der Waals surface area contributed by atoms with Crippen LogP contribution in [0.15, 0.2) is 71.6 Å². The first-order valence-electron chi connectivity index (χ1n) is 12.5. The van der Waals surface area contributed by atoms with Gasteiger partial charge in [-0.2, -0.15) is 9.29 Å². The second kappa shape index (κ2) is 9.31. The summed E-state index contributed by atoms with van der Waals surface area (Å²) >= 11 is 0. The maximum atomic E-state index is 13.6. The lowest BCUT2D eigenvalue weighted by atomic mass is 9.91. The summed E-state index contributed by atoms with van der Waals surface area (Å²) in [7, 11) is -3.56. The lowest BCUT2D eigenvalue weighted by Crippen LogP contribution is -2.58. The SMILES string of the molecule is Nc1nc(NCC2CCC3CN(S(=O)(=O)c4cccc5ccccc45)CCN3C2)nc2ccccc12. The van der Waals surface area contributed by atoms with Crippen LogP contribution in [-0.2, 0) is 10.0 Å². The van der Waals surface area contributed by atoms with Gasteiger partial charge in [-0.15, -0.1) is 0 Å². The predicted octanol–water partition coefficient (Wildman–Crippen LogP) is 3.56. The number of anilines is 2. The highest BCUT2D eigenvalue weighted by atomic mass is 32.2. The van der Waals surface area contributed by atoms with E-state index >= 15 is 0 Å². The second-order valence-corrected chi connectivity index (χ2v) is 11.7. The summed E-state index contributed by atoms with van der Waals surface area (Å²) in [5.41, 5.74) is 6.95. The van der Waals surface area contributed by atoms with Crippen molar-refractivity contribution in [2.45, 2.75) is 23.8 Å². The molecule has 3 heterocycles. The molecule has 0 amide bonds. The van der Waals surface area contributed by atoms with Gasteiger partial charge in [0, 0.05) is 49.5 Å². The van der Waals surface area contributed by atoms with Crippen molar-refractivity contribution >= 4 is 43.5 Å². The van der Waals surface area contributed by atoms with Crippen LogP contribution in [0.1, 0.15) is 12.8 Å². The lowest BCUT2D eigenvalue weighted by molar-refractivity contribution is 0.0604. The van der Waals surface area contributed by atoms with Crippen molar-refractivity contribution in [1.82, 2.24) is 19.2 Å². The van der Waals surface area contributed by atoms with Gasteiger partial charge in [-0.3, -0.25) is 4.90 Å². The topological polar surface area (TPSA) is 104 Å². The summed E-state index contributed by atoms with van der Waals surface area (Å²) in [5, 5.41) is 5.97. The van der Waals surface area contributed by atoms with E-state index in [9.17, 15) is 8.42 Å². The monoisotopic (exact) mass is 502 g/mol. The van der Waals surface area contributed by atoms with Crippen LogP contribution in [0.25, 0.3) is 21.7 Å². The van der Waals surface area contributed by atoms with Gasteiger partial charge in [-0.1, -0.05) is 48.5 Å². The highest BCUT2D eigenvalue weighted by Crippen LogP contribution is 2.31. The maximum Gasteiger partial charge on any atom is 0.243 e. The third kappa shape index (κ3) is 4.27. The van der Waals surface area contributed by atoms with E-state index in [1.165, 1.54) is 0 Å². The summed E-state index contributed by atoms with van der Waals surface area (Å²) in [5.74, 6) is 1.48. The van der Waals surface area contributed by atoms with Crippen molar-refractivity contribution in [3.8, 4) is 0 Å². The molecule has 0 bridgehead atoms. The predicted molar refractivity (Wildman–Crippen MR) is 143 cm³/mol. The number of nitrogens with two attached hydrogens (primary N) is 1. The molecule has 9 heteroatoms. The highest BCUT2D eigenvalue weighted by Gasteiger charge is 2.37. The van der Waals surface area contributed by atoms with Crippen LogP contribution in [0.4, 0.5) is 11.8 Å². The van der Waals surface area contributed by atoms with Gasteiger partial charge in [-0.05, 0) is 42.3 Å². The molecule has 2 saturated heterocycles. The van der Waals surface area contributed by atoms with Gasteiger partial charge in [0.05, 0.1) is 10.4 Å². The molecule has 0 saturated carbocycles. The number of para-hydroxylation sites is 1. The number of sulfonamides is 1. The molecule has 2 unspecified atom stereocenters. The molecule has 3 aromatic carbocycles. The Morgan fingerprint density at radius 1 is 0.889 bits per heavy atom. The van der Waals surface area contributed by atoms with Crippen LogP contribution in [0.5, 0.6) is 0 Å². The minimum absolute atomic E-state index is 0.243. The third-order valence-electron chi connectivity index (χ3n) is 7.52. The molecule has 186 valence electrons. The van der Waals surface area contributed by atoms with Crippen molar-refractivity contribution in [2.24, 2.45) is 5.92 Å². The van der Waals surface area contributed by atoms with Crippen molar-refractivity contribution in [3.63, 3.8) is 0 Å². The molecule has 8 nitrogen and oxygen atoms in total. The normalized spacial score (nSPS) is 21.4. The molecule has 2 aliphatic rings. The van der Waals surface area contributed by atoms with Gasteiger partial charge in [0.1, 0.15) is 5.82 Å². The van der Waals surface area contributed by atoms with Gasteiger partial charge < -0.3 is 11.1 Å². The minimum Gasteiger partial charge on any atom is -0.383 e. The summed E-state index contributed by atoms with van der Waals surface area (Å²) < 4.78 is 28.9. The van der Waals surface area contributed by atoms with E-state index < -0.39 is 10.0 Å². The van der Waals surface area contributed by atoms with Crippen molar-refractivity contribution in [3.05, 3.63) is 66.7 Å². The Bertz CT molecular complexity index is 1520. The molecular formula is C27H30N6O2S. The van der Waals surface area contributed by atoms with Gasteiger partial charge in [0.15, 0.2) is 0 Å². The highest BCUT2D eigenvalue weighted by molar-refractivity contribution is 7.89. The molecule has 2 atom stereocenters. The molecular weight excluding hydrogens is 472 g/mol. The van der Waals surface area contributed by atoms with Gasteiger partial charge in [0.25, 0.3) is 0 Å². The fourth-order valence-corrected chi connectivity index (χ4v) is 7.27. The number of hydrogen-bond donors (Lipinski definition) is 2. The quantitative estimate of drug-likeness (QED) is 0.430. The Balaban J connectivity index is 1.10. The number of hydrogen-bond acceptors (Lipinski definition) is 7. The zero-order valence-electron chi connectivity index (χ0n) is 20.0. The van der Waals surface area contributed by atoms with Crippen molar-refractivity contribution in [1.29, 1.82) is 0 Å². The van der Waals surface area contributed by atoms with Crippen molar-refractivity contribution < 1.29 is 8.42 Å². The van der Waals surface area contributed by atoms with Crippen LogP contribution >= 0.6 is 0 Å². The van der Waals surface area contributed by atoms with E-state index in [2.05, 4.69) is 20.2 Å². The molecule has 0 spiro atoms. The molecule has 0 aliphatic carbocycles. The number of nitrogens with zero attached hydrogens (tertiary/aromatic N) is 4. The zero-order valence-corrected chi connectivity index (χ0v) is 20.9. The van der Waals surface area contributed by atoms with Crippen LogP contribution in [0.2, 0.25) is 0 Å². The van der Waals surface area contributed by atoms with Crippen LogP contribution < -0.4 is 11.1 Å². The first-order chi connectivity index (χ1) is 17.5. The van der Waals surface area contributed by atoms with E-state index in [1.807, 2.05) is 60.7 Å². The molecule has 2 fully saturated rings. The van der Waals surface area contributed by atoms with Crippen LogP contribution in [-0.4, -0.2) is 66.4 Å². The first-order valence-corrected chi connectivity index (χ1v) is 13.9. The molecule has 0 radical (unpaired) electrons. The molecule has 6 rings (SSSR count). The Morgan fingerprint density at radius 3 is 2.56 bits per heavy atom. The van der Waals surface area contributed by atoms with Crippen molar-refractivity contribution in [2.75, 3.05) is 43.8 Å². The average molecular weight is 503 g/mol. The first kappa shape index (κ1) is 23.1. The molecule has 4 aromatic rings. The van der Waals surface area contributed by atoms with Gasteiger partial charge >= 0.3 is 0 Å². The Labute approximate surface area is 211 Å². The van der Waals surface area contributed by atoms with Gasteiger partial charge in [-0.25, -0.2) is 13.4 Å². The number of nitrogen functional groups attached to an aromatic ring is 1. The Kier molecular flexibility index (Phi) is 5.99. The number of piperidine rings is 1. The van der Waals surface area contributed by atoms with E-state index in [1.54, 1.807) is 10.4 Å². The number of rotatable bonds is 5. The molecule has 36 heavy (non-hydrogen) atoms. The number of aromatic nitrogens is 2. The van der Waals surface area contributed by atoms with Crippen LogP contribution in [0.3, 0.4) is 0 Å². The average Bonchev–Trinajstić information content (AvgIpc) is 2.91. The summed E-state index contributed by atoms with van der Waals surface area (Å²) in [4.78, 5) is 11.9.